The average molecular weight is 208 g/mol. The van der Waals surface area contributed by atoms with Gasteiger partial charge in [-0.3, -0.25) is 0 Å². The van der Waals surface area contributed by atoms with Crippen molar-refractivity contribution in [3.05, 3.63) is 23.9 Å². The van der Waals surface area contributed by atoms with Crippen LogP contribution in [0.2, 0.25) is 0 Å². The smallest absolute Gasteiger partial charge is 0.134 e. The molecule has 1 fully saturated rings. The number of aliphatic hydroxyl groups excluding tert-OH is 2. The van der Waals surface area contributed by atoms with Gasteiger partial charge in [0, 0.05) is 24.8 Å². The monoisotopic (exact) mass is 208 g/mol. The van der Waals surface area contributed by atoms with Crippen molar-refractivity contribution in [2.75, 3.05) is 18.0 Å². The Morgan fingerprint density at radius 1 is 1.60 bits per heavy atom. The van der Waals surface area contributed by atoms with Crippen LogP contribution in [0.1, 0.15) is 25.0 Å². The zero-order chi connectivity index (χ0) is 10.8. The van der Waals surface area contributed by atoms with Crippen LogP contribution in [-0.2, 0) is 0 Å². The molecule has 1 saturated heterocycles. The zero-order valence-electron chi connectivity index (χ0n) is 8.80. The van der Waals surface area contributed by atoms with E-state index in [0.29, 0.717) is 6.54 Å². The number of aromatic nitrogens is 1. The molecule has 0 bridgehead atoms. The van der Waals surface area contributed by atoms with Crippen molar-refractivity contribution >= 4 is 5.82 Å². The molecule has 0 aromatic carbocycles. The Bertz CT molecular complexity index is 341. The quantitative estimate of drug-likeness (QED) is 0.751. The average Bonchev–Trinajstić information content (AvgIpc) is 2.65. The minimum absolute atomic E-state index is 0.270. The van der Waals surface area contributed by atoms with Crippen LogP contribution >= 0.6 is 0 Å². The second kappa shape index (κ2) is 4.16. The highest BCUT2D eigenvalue weighted by atomic mass is 16.3. The standard InChI is InChI=1S/C11H16N2O2/c1-8(14)10-3-2-5-12-11(10)13-6-4-9(15)7-13/h2-3,5,8-9,14-15H,4,6-7H2,1H3/t8-,9?/m0/s1. The number of rotatable bonds is 2. The molecule has 1 aliphatic rings. The van der Waals surface area contributed by atoms with Gasteiger partial charge in [0.05, 0.1) is 12.2 Å². The van der Waals surface area contributed by atoms with Crippen molar-refractivity contribution < 1.29 is 10.2 Å². The van der Waals surface area contributed by atoms with Crippen LogP contribution in [0.15, 0.2) is 18.3 Å². The Hall–Kier alpha value is -1.13. The molecular weight excluding hydrogens is 192 g/mol. The summed E-state index contributed by atoms with van der Waals surface area (Å²) in [4.78, 5) is 6.29. The summed E-state index contributed by atoms with van der Waals surface area (Å²) in [6, 6.07) is 3.69. The van der Waals surface area contributed by atoms with Crippen LogP contribution < -0.4 is 4.90 Å². The molecule has 0 aliphatic carbocycles. The topological polar surface area (TPSA) is 56.6 Å². The van der Waals surface area contributed by atoms with Gasteiger partial charge in [-0.2, -0.15) is 0 Å². The van der Waals surface area contributed by atoms with Crippen LogP contribution in [0.25, 0.3) is 0 Å². The van der Waals surface area contributed by atoms with E-state index in [2.05, 4.69) is 4.98 Å². The molecule has 1 aromatic rings. The molecule has 1 aliphatic heterocycles. The normalized spacial score (nSPS) is 23.1. The third kappa shape index (κ3) is 2.11. The van der Waals surface area contributed by atoms with Gasteiger partial charge in [0.1, 0.15) is 5.82 Å². The van der Waals surface area contributed by atoms with Crippen molar-refractivity contribution in [3.8, 4) is 0 Å². The van der Waals surface area contributed by atoms with E-state index in [1.54, 1.807) is 13.1 Å². The predicted molar refractivity (Wildman–Crippen MR) is 57.7 cm³/mol. The molecule has 0 spiro atoms. The lowest BCUT2D eigenvalue weighted by molar-refractivity contribution is 0.195. The first kappa shape index (κ1) is 10.4. The van der Waals surface area contributed by atoms with Gasteiger partial charge in [-0.1, -0.05) is 6.07 Å². The Morgan fingerprint density at radius 2 is 2.40 bits per heavy atom. The second-order valence-corrected chi connectivity index (χ2v) is 3.98. The third-order valence-corrected chi connectivity index (χ3v) is 2.73. The van der Waals surface area contributed by atoms with Gasteiger partial charge in [-0.05, 0) is 19.4 Å². The number of hydrogen-bond acceptors (Lipinski definition) is 4. The molecule has 0 amide bonds. The Balaban J connectivity index is 2.27. The Labute approximate surface area is 89.2 Å². The molecule has 82 valence electrons. The van der Waals surface area contributed by atoms with Gasteiger partial charge in [-0.15, -0.1) is 0 Å². The summed E-state index contributed by atoms with van der Waals surface area (Å²) < 4.78 is 0. The van der Waals surface area contributed by atoms with Gasteiger partial charge < -0.3 is 15.1 Å². The summed E-state index contributed by atoms with van der Waals surface area (Å²) in [5, 5.41) is 19.1. The van der Waals surface area contributed by atoms with E-state index in [-0.39, 0.29) is 6.10 Å². The summed E-state index contributed by atoms with van der Waals surface area (Å²) in [6.07, 6.45) is 1.70. The van der Waals surface area contributed by atoms with Crippen LogP contribution in [0.3, 0.4) is 0 Å². The lowest BCUT2D eigenvalue weighted by Gasteiger charge is -2.20. The number of hydrogen-bond donors (Lipinski definition) is 2. The number of β-amino-alcohol motifs (C(OH)–C–C–N with tert-alkyl or cyclic N) is 1. The molecule has 2 heterocycles. The molecule has 1 unspecified atom stereocenters. The second-order valence-electron chi connectivity index (χ2n) is 3.98. The zero-order valence-corrected chi connectivity index (χ0v) is 8.80. The van der Waals surface area contributed by atoms with Crippen molar-refractivity contribution in [1.29, 1.82) is 0 Å². The van der Waals surface area contributed by atoms with Crippen molar-refractivity contribution in [2.45, 2.75) is 25.6 Å². The van der Waals surface area contributed by atoms with Gasteiger partial charge >= 0.3 is 0 Å². The fourth-order valence-electron chi connectivity index (χ4n) is 1.93. The maximum Gasteiger partial charge on any atom is 0.134 e. The molecule has 0 saturated carbocycles. The van der Waals surface area contributed by atoms with Crippen LogP contribution in [0.5, 0.6) is 0 Å². The SMILES string of the molecule is C[C@H](O)c1cccnc1N1CCC(O)C1. The first-order valence-electron chi connectivity index (χ1n) is 5.24. The van der Waals surface area contributed by atoms with Crippen molar-refractivity contribution in [3.63, 3.8) is 0 Å². The first-order chi connectivity index (χ1) is 7.18. The van der Waals surface area contributed by atoms with E-state index in [4.69, 9.17) is 0 Å². The van der Waals surface area contributed by atoms with Gasteiger partial charge in [-0.25, -0.2) is 4.98 Å². The highest BCUT2D eigenvalue weighted by molar-refractivity contribution is 5.48. The molecule has 1 aromatic heterocycles. The number of anilines is 1. The maximum atomic E-state index is 9.60. The molecular formula is C11H16N2O2. The lowest BCUT2D eigenvalue weighted by Crippen LogP contribution is -2.23. The van der Waals surface area contributed by atoms with Gasteiger partial charge in [0.25, 0.3) is 0 Å². The minimum atomic E-state index is -0.522. The van der Waals surface area contributed by atoms with Crippen LogP contribution in [0, 0.1) is 0 Å². The molecule has 2 atom stereocenters. The van der Waals surface area contributed by atoms with Crippen molar-refractivity contribution in [2.24, 2.45) is 0 Å². The summed E-state index contributed by atoms with van der Waals surface area (Å²) in [6.45, 7) is 3.14. The van der Waals surface area contributed by atoms with E-state index >= 15 is 0 Å². The maximum absolute atomic E-state index is 9.60. The summed E-state index contributed by atoms with van der Waals surface area (Å²) >= 11 is 0. The third-order valence-electron chi connectivity index (χ3n) is 2.73. The number of pyridine rings is 1. The fraction of sp³-hybridized carbons (Fsp3) is 0.545. The van der Waals surface area contributed by atoms with E-state index in [0.717, 1.165) is 24.3 Å². The summed E-state index contributed by atoms with van der Waals surface area (Å²) in [5.74, 6) is 0.795. The van der Waals surface area contributed by atoms with Gasteiger partial charge in [0.2, 0.25) is 0 Å². The molecule has 0 radical (unpaired) electrons. The molecule has 4 nitrogen and oxygen atoms in total. The van der Waals surface area contributed by atoms with E-state index in [1.165, 1.54) is 0 Å². The van der Waals surface area contributed by atoms with Crippen LogP contribution in [0.4, 0.5) is 5.82 Å². The first-order valence-corrected chi connectivity index (χ1v) is 5.24. The number of nitrogens with zero attached hydrogens (tertiary/aromatic N) is 2. The van der Waals surface area contributed by atoms with Crippen molar-refractivity contribution in [1.82, 2.24) is 4.98 Å². The highest BCUT2D eigenvalue weighted by Gasteiger charge is 2.24. The largest absolute Gasteiger partial charge is 0.391 e. The molecule has 4 heteroatoms. The number of aliphatic hydroxyl groups is 2. The fourth-order valence-corrected chi connectivity index (χ4v) is 1.93. The Morgan fingerprint density at radius 3 is 3.00 bits per heavy atom. The van der Waals surface area contributed by atoms with E-state index in [1.807, 2.05) is 17.0 Å². The molecule has 15 heavy (non-hydrogen) atoms. The lowest BCUT2D eigenvalue weighted by atomic mass is 10.1. The van der Waals surface area contributed by atoms with Gasteiger partial charge in [0.15, 0.2) is 0 Å². The predicted octanol–water partition coefficient (Wildman–Crippen LogP) is 0.706. The highest BCUT2D eigenvalue weighted by Crippen LogP contribution is 2.26. The molecule has 2 rings (SSSR count). The Kier molecular flexibility index (Phi) is 2.88. The molecule has 2 N–H and O–H groups in total. The van der Waals surface area contributed by atoms with E-state index in [9.17, 15) is 10.2 Å². The van der Waals surface area contributed by atoms with E-state index < -0.39 is 6.10 Å². The summed E-state index contributed by atoms with van der Waals surface area (Å²) in [7, 11) is 0. The summed E-state index contributed by atoms with van der Waals surface area (Å²) in [5.41, 5.74) is 0.826. The minimum Gasteiger partial charge on any atom is -0.391 e. The van der Waals surface area contributed by atoms with Crippen LogP contribution in [-0.4, -0.2) is 34.4 Å².